The third-order valence-corrected chi connectivity index (χ3v) is 4.53. The zero-order chi connectivity index (χ0) is 19.1. The van der Waals surface area contributed by atoms with Gasteiger partial charge in [-0.1, -0.05) is 30.3 Å². The van der Waals surface area contributed by atoms with Crippen LogP contribution < -0.4 is 5.32 Å². The van der Waals surface area contributed by atoms with Crippen molar-refractivity contribution in [3.8, 4) is 0 Å². The van der Waals surface area contributed by atoms with Gasteiger partial charge in [0.05, 0.1) is 25.9 Å². The van der Waals surface area contributed by atoms with Gasteiger partial charge in [-0.3, -0.25) is 9.69 Å². The summed E-state index contributed by atoms with van der Waals surface area (Å²) in [5.74, 6) is -0.682. The van der Waals surface area contributed by atoms with Crippen LogP contribution in [-0.2, 0) is 22.6 Å². The molecular formula is C21H24N2O4. The molecule has 6 heteroatoms. The largest absolute Gasteiger partial charge is 0.465 e. The Kier molecular flexibility index (Phi) is 6.57. The van der Waals surface area contributed by atoms with Crippen LogP contribution in [0.1, 0.15) is 31.8 Å². The van der Waals surface area contributed by atoms with Gasteiger partial charge in [0.25, 0.3) is 5.91 Å². The van der Waals surface area contributed by atoms with Crippen molar-refractivity contribution in [2.45, 2.75) is 13.1 Å². The first-order chi connectivity index (χ1) is 13.2. The Morgan fingerprint density at radius 3 is 2.41 bits per heavy atom. The first-order valence-corrected chi connectivity index (χ1v) is 9.00. The predicted octanol–water partition coefficient (Wildman–Crippen LogP) is 2.24. The highest BCUT2D eigenvalue weighted by atomic mass is 16.5. The molecule has 1 N–H and O–H groups in total. The molecule has 0 aromatic heterocycles. The molecule has 0 bridgehead atoms. The number of amides is 1. The Morgan fingerprint density at radius 1 is 1.04 bits per heavy atom. The fraction of sp³-hybridized carbons (Fsp3) is 0.333. The fourth-order valence-electron chi connectivity index (χ4n) is 2.97. The van der Waals surface area contributed by atoms with Gasteiger partial charge >= 0.3 is 5.97 Å². The van der Waals surface area contributed by atoms with Gasteiger partial charge in [0.15, 0.2) is 0 Å². The summed E-state index contributed by atoms with van der Waals surface area (Å²) in [7, 11) is 1.32. The lowest BCUT2D eigenvalue weighted by Crippen LogP contribution is -2.35. The van der Waals surface area contributed by atoms with Crippen molar-refractivity contribution in [1.82, 2.24) is 10.2 Å². The molecular weight excluding hydrogens is 344 g/mol. The molecule has 1 aliphatic rings. The Labute approximate surface area is 159 Å². The van der Waals surface area contributed by atoms with E-state index in [0.29, 0.717) is 17.7 Å². The number of hydrogen-bond donors (Lipinski definition) is 1. The second kappa shape index (κ2) is 9.30. The maximum Gasteiger partial charge on any atom is 0.337 e. The molecule has 0 saturated carbocycles. The van der Waals surface area contributed by atoms with Gasteiger partial charge in [0.1, 0.15) is 0 Å². The minimum Gasteiger partial charge on any atom is -0.465 e. The van der Waals surface area contributed by atoms with E-state index in [1.54, 1.807) is 18.2 Å². The Hall–Kier alpha value is -2.70. The molecule has 0 unspecified atom stereocenters. The van der Waals surface area contributed by atoms with E-state index < -0.39 is 5.97 Å². The van der Waals surface area contributed by atoms with Crippen LogP contribution in [0.25, 0.3) is 0 Å². The molecule has 0 aliphatic carbocycles. The summed E-state index contributed by atoms with van der Waals surface area (Å²) in [4.78, 5) is 26.3. The summed E-state index contributed by atoms with van der Waals surface area (Å²) in [6.45, 7) is 4.85. The third kappa shape index (κ3) is 5.39. The van der Waals surface area contributed by atoms with Gasteiger partial charge in [-0.2, -0.15) is 0 Å². The smallest absolute Gasteiger partial charge is 0.337 e. The average Bonchev–Trinajstić information content (AvgIpc) is 2.73. The number of hydrogen-bond acceptors (Lipinski definition) is 5. The topological polar surface area (TPSA) is 67.9 Å². The van der Waals surface area contributed by atoms with Crippen LogP contribution in [0.2, 0.25) is 0 Å². The fourth-order valence-corrected chi connectivity index (χ4v) is 2.97. The third-order valence-electron chi connectivity index (χ3n) is 4.53. The van der Waals surface area contributed by atoms with Gasteiger partial charge in [0.2, 0.25) is 0 Å². The first-order valence-electron chi connectivity index (χ1n) is 9.00. The Bertz CT molecular complexity index is 783. The molecule has 27 heavy (non-hydrogen) atoms. The molecule has 0 spiro atoms. The van der Waals surface area contributed by atoms with Crippen LogP contribution in [0.15, 0.2) is 48.5 Å². The standard InChI is InChI=1S/C21H24N2O4/c1-26-21(25)19-4-2-3-18(13-19)20(24)22-14-16-5-7-17(8-6-16)15-23-9-11-27-12-10-23/h2-8,13H,9-12,14-15H2,1H3,(H,22,24). The predicted molar refractivity (Wildman–Crippen MR) is 101 cm³/mol. The van der Waals surface area contributed by atoms with E-state index in [1.165, 1.54) is 18.7 Å². The summed E-state index contributed by atoms with van der Waals surface area (Å²) >= 11 is 0. The highest BCUT2D eigenvalue weighted by Crippen LogP contribution is 2.10. The molecule has 3 rings (SSSR count). The van der Waals surface area contributed by atoms with Crippen molar-refractivity contribution < 1.29 is 19.1 Å². The normalized spacial score (nSPS) is 14.6. The summed E-state index contributed by atoms with van der Waals surface area (Å²) < 4.78 is 10.1. The van der Waals surface area contributed by atoms with Gasteiger partial charge in [-0.05, 0) is 29.3 Å². The molecule has 1 amide bonds. The van der Waals surface area contributed by atoms with Gasteiger partial charge in [-0.25, -0.2) is 4.79 Å². The van der Waals surface area contributed by atoms with Crippen molar-refractivity contribution in [3.63, 3.8) is 0 Å². The average molecular weight is 368 g/mol. The Balaban J connectivity index is 1.53. The number of carbonyl (C=O) groups is 2. The van der Waals surface area contributed by atoms with Gasteiger partial charge in [-0.15, -0.1) is 0 Å². The van der Waals surface area contributed by atoms with E-state index >= 15 is 0 Å². The van der Waals surface area contributed by atoms with Crippen LogP contribution in [0.3, 0.4) is 0 Å². The lowest BCUT2D eigenvalue weighted by molar-refractivity contribution is 0.0342. The number of nitrogens with zero attached hydrogens (tertiary/aromatic N) is 1. The molecule has 1 aliphatic heterocycles. The second-order valence-corrected chi connectivity index (χ2v) is 6.46. The zero-order valence-electron chi connectivity index (χ0n) is 15.4. The molecule has 0 atom stereocenters. The zero-order valence-corrected chi connectivity index (χ0v) is 15.4. The van der Waals surface area contributed by atoms with Crippen LogP contribution in [0.5, 0.6) is 0 Å². The molecule has 2 aromatic carbocycles. The lowest BCUT2D eigenvalue weighted by atomic mass is 10.1. The van der Waals surface area contributed by atoms with Gasteiger partial charge in [0, 0.05) is 31.7 Å². The highest BCUT2D eigenvalue weighted by molar-refractivity contribution is 5.97. The number of benzene rings is 2. The number of methoxy groups -OCH3 is 1. The van der Waals surface area contributed by atoms with Gasteiger partial charge < -0.3 is 14.8 Å². The maximum absolute atomic E-state index is 12.3. The maximum atomic E-state index is 12.3. The lowest BCUT2D eigenvalue weighted by Gasteiger charge is -2.26. The summed E-state index contributed by atoms with van der Waals surface area (Å²) in [5.41, 5.74) is 3.07. The van der Waals surface area contributed by atoms with E-state index in [9.17, 15) is 9.59 Å². The van der Waals surface area contributed by atoms with Crippen LogP contribution in [0.4, 0.5) is 0 Å². The van der Waals surface area contributed by atoms with Crippen molar-refractivity contribution >= 4 is 11.9 Å². The van der Waals surface area contributed by atoms with Crippen molar-refractivity contribution in [1.29, 1.82) is 0 Å². The van der Waals surface area contributed by atoms with E-state index in [-0.39, 0.29) is 5.91 Å². The number of esters is 1. The summed E-state index contributed by atoms with van der Waals surface area (Å²) in [6.07, 6.45) is 0. The van der Waals surface area contributed by atoms with E-state index in [0.717, 1.165) is 38.4 Å². The SMILES string of the molecule is COC(=O)c1cccc(C(=O)NCc2ccc(CN3CCOCC3)cc2)c1. The van der Waals surface area contributed by atoms with E-state index in [1.807, 2.05) is 12.1 Å². The molecule has 0 radical (unpaired) electrons. The monoisotopic (exact) mass is 368 g/mol. The minimum absolute atomic E-state index is 0.224. The van der Waals surface area contributed by atoms with Crippen LogP contribution in [-0.4, -0.2) is 50.2 Å². The molecule has 1 fully saturated rings. The second-order valence-electron chi connectivity index (χ2n) is 6.46. The highest BCUT2D eigenvalue weighted by Gasteiger charge is 2.12. The van der Waals surface area contributed by atoms with Crippen molar-refractivity contribution in [3.05, 3.63) is 70.8 Å². The molecule has 2 aromatic rings. The van der Waals surface area contributed by atoms with Crippen molar-refractivity contribution in [2.75, 3.05) is 33.4 Å². The molecule has 142 valence electrons. The number of morpholine rings is 1. The van der Waals surface area contributed by atoms with Crippen LogP contribution >= 0.6 is 0 Å². The van der Waals surface area contributed by atoms with E-state index in [2.05, 4.69) is 27.1 Å². The van der Waals surface area contributed by atoms with Crippen molar-refractivity contribution in [2.24, 2.45) is 0 Å². The number of rotatable bonds is 6. The summed E-state index contributed by atoms with van der Waals surface area (Å²) in [6, 6.07) is 14.7. The first kappa shape index (κ1) is 19.1. The number of nitrogens with one attached hydrogen (secondary N) is 1. The molecule has 1 heterocycles. The minimum atomic E-state index is -0.458. The summed E-state index contributed by atoms with van der Waals surface area (Å²) in [5, 5.41) is 2.88. The van der Waals surface area contributed by atoms with Crippen LogP contribution in [0, 0.1) is 0 Å². The number of carbonyl (C=O) groups excluding carboxylic acids is 2. The quantitative estimate of drug-likeness (QED) is 0.792. The van der Waals surface area contributed by atoms with E-state index in [4.69, 9.17) is 4.74 Å². The molecule has 6 nitrogen and oxygen atoms in total. The number of ether oxygens (including phenoxy) is 2. The molecule has 1 saturated heterocycles. The Morgan fingerprint density at radius 2 is 1.70 bits per heavy atom.